The molecule has 0 saturated heterocycles. The number of hydrogen-bond acceptors (Lipinski definition) is 2. The fourth-order valence-corrected chi connectivity index (χ4v) is 1.37. The molecule has 0 fully saturated rings. The first-order valence-electron chi connectivity index (χ1n) is 7.18. The van der Waals surface area contributed by atoms with Gasteiger partial charge in [0.25, 0.3) is 0 Å². The number of hydrogen-bond donors (Lipinski definition) is 1. The SMILES string of the molecule is CC/C=C(/F)[C@H](N)CC.CCCCCCCC=O.[HH]. The van der Waals surface area contributed by atoms with Crippen molar-refractivity contribution in [1.82, 2.24) is 0 Å². The Hall–Kier alpha value is -0.700. The Morgan fingerprint density at radius 2 is 1.83 bits per heavy atom. The van der Waals surface area contributed by atoms with Crippen molar-refractivity contribution >= 4 is 6.29 Å². The monoisotopic (exact) mass is 261 g/mol. The van der Waals surface area contributed by atoms with Gasteiger partial charge in [0, 0.05) is 7.85 Å². The van der Waals surface area contributed by atoms with Crippen LogP contribution in [0.1, 0.15) is 73.6 Å². The summed E-state index contributed by atoms with van der Waals surface area (Å²) in [6.07, 6.45) is 10.9. The van der Waals surface area contributed by atoms with E-state index in [1.807, 2.05) is 13.8 Å². The topological polar surface area (TPSA) is 43.1 Å². The number of nitrogens with two attached hydrogens (primary N) is 1. The minimum absolute atomic E-state index is 0. The van der Waals surface area contributed by atoms with Crippen LogP contribution in [0.15, 0.2) is 11.9 Å². The number of aldehydes is 1. The summed E-state index contributed by atoms with van der Waals surface area (Å²) in [6.45, 7) is 5.95. The zero-order chi connectivity index (χ0) is 14.2. The molecule has 0 unspecified atom stereocenters. The Balaban J connectivity index is -0.000000256. The highest BCUT2D eigenvalue weighted by Gasteiger charge is 2.02. The molecule has 0 heterocycles. The van der Waals surface area contributed by atoms with Crippen LogP contribution in [0.3, 0.4) is 0 Å². The van der Waals surface area contributed by atoms with E-state index in [-0.39, 0.29) is 13.3 Å². The van der Waals surface area contributed by atoms with Gasteiger partial charge in [0.15, 0.2) is 0 Å². The molecule has 0 saturated carbocycles. The van der Waals surface area contributed by atoms with E-state index in [4.69, 9.17) is 5.73 Å². The molecule has 0 aliphatic carbocycles. The standard InChI is InChI=1S/C8H16O.C7H14FN.H2/c1-2-3-4-5-6-7-8-9;1-3-5-6(8)7(9)4-2;/h8H,2-7H2,1H3;5,7H,3-4,9H2,1-2H3;1H/b;6-5+;/t;7-;/m.1./s1. The molecular formula is C15H32FNO. The summed E-state index contributed by atoms with van der Waals surface area (Å²) in [7, 11) is 0. The number of unbranched alkanes of at least 4 members (excludes halogenated alkanes) is 5. The molecule has 0 spiro atoms. The normalized spacial score (nSPS) is 12.6. The fourth-order valence-electron chi connectivity index (χ4n) is 1.37. The van der Waals surface area contributed by atoms with Gasteiger partial charge >= 0.3 is 0 Å². The number of allylic oxidation sites excluding steroid dienone is 1. The summed E-state index contributed by atoms with van der Waals surface area (Å²) in [5.41, 5.74) is 5.36. The number of carbonyl (C=O) groups is 1. The molecule has 0 aliphatic rings. The lowest BCUT2D eigenvalue weighted by Crippen LogP contribution is -2.18. The summed E-state index contributed by atoms with van der Waals surface area (Å²) in [6, 6.07) is -0.384. The number of rotatable bonds is 9. The molecule has 2 nitrogen and oxygen atoms in total. The van der Waals surface area contributed by atoms with Gasteiger partial charge in [-0.15, -0.1) is 0 Å². The van der Waals surface area contributed by atoms with Gasteiger partial charge < -0.3 is 10.5 Å². The van der Waals surface area contributed by atoms with Gasteiger partial charge in [-0.25, -0.2) is 4.39 Å². The molecule has 2 N–H and O–H groups in total. The van der Waals surface area contributed by atoms with Gasteiger partial charge in [0.1, 0.15) is 12.1 Å². The molecule has 0 aliphatic heterocycles. The Bertz CT molecular complexity index is 210. The molecule has 1 atom stereocenters. The lowest BCUT2D eigenvalue weighted by atomic mass is 10.1. The summed E-state index contributed by atoms with van der Waals surface area (Å²) in [5.74, 6) is -0.181. The Morgan fingerprint density at radius 3 is 2.28 bits per heavy atom. The van der Waals surface area contributed by atoms with Crippen molar-refractivity contribution in [3.05, 3.63) is 11.9 Å². The third kappa shape index (κ3) is 15.3. The van der Waals surface area contributed by atoms with E-state index < -0.39 is 0 Å². The molecule has 0 bridgehead atoms. The van der Waals surface area contributed by atoms with Crippen molar-refractivity contribution in [2.24, 2.45) is 5.73 Å². The minimum Gasteiger partial charge on any atom is -0.322 e. The third-order valence-corrected chi connectivity index (χ3v) is 2.62. The zero-order valence-electron chi connectivity index (χ0n) is 12.3. The average Bonchev–Trinajstić information content (AvgIpc) is 2.39. The predicted octanol–water partition coefficient (Wildman–Crippen LogP) is 4.78. The first-order chi connectivity index (χ1) is 8.63. The lowest BCUT2D eigenvalue weighted by molar-refractivity contribution is -0.107. The molecule has 0 aromatic heterocycles. The second-order valence-electron chi connectivity index (χ2n) is 4.38. The molecule has 0 rings (SSSR count). The lowest BCUT2D eigenvalue weighted by Gasteiger charge is -2.03. The van der Waals surface area contributed by atoms with E-state index in [1.165, 1.54) is 31.8 Å². The summed E-state index contributed by atoms with van der Waals surface area (Å²) < 4.78 is 12.5. The van der Waals surface area contributed by atoms with Crippen LogP contribution in [0.25, 0.3) is 0 Å². The first kappa shape index (κ1) is 19.6. The zero-order valence-corrected chi connectivity index (χ0v) is 12.3. The van der Waals surface area contributed by atoms with Crippen LogP contribution in [-0.2, 0) is 4.79 Å². The van der Waals surface area contributed by atoms with E-state index in [9.17, 15) is 9.18 Å². The van der Waals surface area contributed by atoms with E-state index in [0.717, 1.165) is 25.5 Å². The molecule has 110 valence electrons. The van der Waals surface area contributed by atoms with Gasteiger partial charge in [0.05, 0.1) is 6.04 Å². The molecular weight excluding hydrogens is 229 g/mol. The highest BCUT2D eigenvalue weighted by atomic mass is 19.1. The average molecular weight is 261 g/mol. The predicted molar refractivity (Wildman–Crippen MR) is 79.3 cm³/mol. The maximum atomic E-state index is 12.5. The smallest absolute Gasteiger partial charge is 0.119 e. The van der Waals surface area contributed by atoms with Crippen molar-refractivity contribution in [1.29, 1.82) is 0 Å². The van der Waals surface area contributed by atoms with Crippen molar-refractivity contribution in [2.45, 2.75) is 78.2 Å². The van der Waals surface area contributed by atoms with Gasteiger partial charge in [0.2, 0.25) is 0 Å². The van der Waals surface area contributed by atoms with Gasteiger partial charge in [-0.2, -0.15) is 0 Å². The summed E-state index contributed by atoms with van der Waals surface area (Å²) >= 11 is 0. The summed E-state index contributed by atoms with van der Waals surface area (Å²) in [4.78, 5) is 9.84. The Morgan fingerprint density at radius 1 is 1.22 bits per heavy atom. The van der Waals surface area contributed by atoms with Gasteiger partial charge in [-0.05, 0) is 19.3 Å². The summed E-state index contributed by atoms with van der Waals surface area (Å²) in [5, 5.41) is 0. The van der Waals surface area contributed by atoms with Gasteiger partial charge in [-0.1, -0.05) is 52.5 Å². The molecule has 3 heteroatoms. The van der Waals surface area contributed by atoms with Crippen LogP contribution >= 0.6 is 0 Å². The molecule has 0 aromatic carbocycles. The first-order valence-corrected chi connectivity index (χ1v) is 7.18. The molecule has 18 heavy (non-hydrogen) atoms. The second kappa shape index (κ2) is 16.3. The van der Waals surface area contributed by atoms with Crippen LogP contribution in [0, 0.1) is 0 Å². The van der Waals surface area contributed by atoms with Crippen LogP contribution in [0.4, 0.5) is 4.39 Å². The molecule has 0 amide bonds. The van der Waals surface area contributed by atoms with Crippen molar-refractivity contribution in [3.63, 3.8) is 0 Å². The molecule has 0 aromatic rings. The number of halogens is 1. The minimum atomic E-state index is -0.384. The second-order valence-corrected chi connectivity index (χ2v) is 4.38. The van der Waals surface area contributed by atoms with Crippen LogP contribution in [0.5, 0.6) is 0 Å². The Kier molecular flexibility index (Phi) is 17.8. The van der Waals surface area contributed by atoms with Crippen molar-refractivity contribution < 1.29 is 10.6 Å². The van der Waals surface area contributed by atoms with E-state index in [0.29, 0.717) is 6.42 Å². The third-order valence-electron chi connectivity index (χ3n) is 2.62. The Labute approximate surface area is 113 Å². The quantitative estimate of drug-likeness (QED) is 0.479. The van der Waals surface area contributed by atoms with E-state index in [2.05, 4.69) is 6.92 Å². The largest absolute Gasteiger partial charge is 0.322 e. The van der Waals surface area contributed by atoms with Crippen LogP contribution in [-0.4, -0.2) is 12.3 Å². The van der Waals surface area contributed by atoms with Crippen molar-refractivity contribution in [3.8, 4) is 0 Å². The van der Waals surface area contributed by atoms with E-state index in [1.54, 1.807) is 0 Å². The highest BCUT2D eigenvalue weighted by Crippen LogP contribution is 2.05. The fraction of sp³-hybridized carbons (Fsp3) is 0.800. The number of carbonyl (C=O) groups excluding carboxylic acids is 1. The van der Waals surface area contributed by atoms with Gasteiger partial charge in [-0.3, -0.25) is 0 Å². The highest BCUT2D eigenvalue weighted by molar-refractivity contribution is 5.48. The van der Waals surface area contributed by atoms with Crippen LogP contribution in [0.2, 0.25) is 0 Å². The van der Waals surface area contributed by atoms with E-state index >= 15 is 0 Å². The molecule has 0 radical (unpaired) electrons. The van der Waals surface area contributed by atoms with Crippen molar-refractivity contribution in [2.75, 3.05) is 0 Å². The maximum Gasteiger partial charge on any atom is 0.119 e. The maximum absolute atomic E-state index is 12.5. The van der Waals surface area contributed by atoms with Crippen LogP contribution < -0.4 is 5.73 Å².